The van der Waals surface area contributed by atoms with Crippen molar-refractivity contribution < 1.29 is 14.4 Å². The van der Waals surface area contributed by atoms with E-state index in [1.165, 1.54) is 6.92 Å². The maximum absolute atomic E-state index is 13.2. The van der Waals surface area contributed by atoms with Crippen molar-refractivity contribution in [3.63, 3.8) is 0 Å². The number of pyridine rings is 1. The molecule has 1 N–H and O–H groups in total. The number of amides is 2. The predicted octanol–water partition coefficient (Wildman–Crippen LogP) is 5.00. The van der Waals surface area contributed by atoms with Crippen molar-refractivity contribution in [3.8, 4) is 11.1 Å². The number of carbonyl (C=O) groups is 3. The van der Waals surface area contributed by atoms with Crippen molar-refractivity contribution in [1.82, 2.24) is 19.7 Å². The molecule has 0 bridgehead atoms. The molecule has 0 aliphatic carbocycles. The number of fused-ring (bicyclic) bond motifs is 2. The number of ketones is 1. The van der Waals surface area contributed by atoms with Crippen LogP contribution in [0.3, 0.4) is 0 Å². The minimum atomic E-state index is -0.562. The number of nitrogens with zero attached hydrogens (tertiary/aromatic N) is 4. The lowest BCUT2D eigenvalue weighted by atomic mass is 9.99. The molecule has 0 saturated carbocycles. The summed E-state index contributed by atoms with van der Waals surface area (Å²) in [6.45, 7) is 3.75. The van der Waals surface area contributed by atoms with E-state index in [1.54, 1.807) is 15.6 Å². The summed E-state index contributed by atoms with van der Waals surface area (Å²) in [7, 11) is 0. The molecule has 1 saturated heterocycles. The summed E-state index contributed by atoms with van der Waals surface area (Å²) in [4.78, 5) is 44.4. The molecule has 1 aliphatic rings. The molecule has 39 heavy (non-hydrogen) atoms. The van der Waals surface area contributed by atoms with Crippen LogP contribution in [0.1, 0.15) is 29.5 Å². The fourth-order valence-electron chi connectivity index (χ4n) is 5.11. The van der Waals surface area contributed by atoms with Crippen LogP contribution in [0.4, 0.5) is 5.82 Å². The van der Waals surface area contributed by atoms with Crippen LogP contribution in [0.2, 0.25) is 0 Å². The average Bonchev–Trinajstić information content (AvgIpc) is 3.25. The van der Waals surface area contributed by atoms with Gasteiger partial charge in [-0.1, -0.05) is 48.5 Å². The third-order valence-electron chi connectivity index (χ3n) is 7.23. The minimum Gasteiger partial charge on any atom is -0.329 e. The van der Waals surface area contributed by atoms with Gasteiger partial charge in [0.15, 0.2) is 5.78 Å². The van der Waals surface area contributed by atoms with E-state index in [0.717, 1.165) is 27.6 Å². The van der Waals surface area contributed by atoms with E-state index in [4.69, 9.17) is 0 Å². The number of likely N-dealkylation sites (tertiary alicyclic amines) is 1. The molecular weight excluding hydrogens is 490 g/mol. The normalized spacial score (nSPS) is 14.8. The highest BCUT2D eigenvalue weighted by molar-refractivity contribution is 6.06. The molecule has 1 atom stereocenters. The average molecular weight is 518 g/mol. The van der Waals surface area contributed by atoms with E-state index in [1.807, 2.05) is 49.4 Å². The molecule has 0 spiro atoms. The molecule has 1 unspecified atom stereocenters. The molecule has 3 heterocycles. The highest BCUT2D eigenvalue weighted by Gasteiger charge is 2.38. The summed E-state index contributed by atoms with van der Waals surface area (Å²) in [5.41, 5.74) is 3.81. The van der Waals surface area contributed by atoms with Crippen molar-refractivity contribution in [2.45, 2.75) is 32.9 Å². The molecule has 5 aromatic rings. The third-order valence-corrected chi connectivity index (χ3v) is 7.23. The zero-order chi connectivity index (χ0) is 27.1. The van der Waals surface area contributed by atoms with E-state index in [2.05, 4.69) is 45.7 Å². The minimum absolute atomic E-state index is 0.0639. The van der Waals surface area contributed by atoms with Gasteiger partial charge in [-0.15, -0.1) is 0 Å². The van der Waals surface area contributed by atoms with E-state index >= 15 is 0 Å². The summed E-state index contributed by atoms with van der Waals surface area (Å²) < 4.78 is 1.56. The number of carbonyl (C=O) groups excluding carboxylic acids is 3. The lowest BCUT2D eigenvalue weighted by molar-refractivity contribution is -0.145. The van der Waals surface area contributed by atoms with E-state index < -0.39 is 6.04 Å². The fraction of sp³-hybridized carbons (Fsp3) is 0.194. The number of anilines is 1. The first-order valence-corrected chi connectivity index (χ1v) is 12.9. The molecule has 6 rings (SSSR count). The van der Waals surface area contributed by atoms with Gasteiger partial charge in [0.2, 0.25) is 11.8 Å². The van der Waals surface area contributed by atoms with Crippen LogP contribution in [0.15, 0.2) is 78.9 Å². The molecular formula is C31H27N5O3. The predicted molar refractivity (Wildman–Crippen MR) is 150 cm³/mol. The second-order valence-electron chi connectivity index (χ2n) is 9.90. The van der Waals surface area contributed by atoms with Gasteiger partial charge in [0.1, 0.15) is 24.1 Å². The Morgan fingerprint density at radius 3 is 2.44 bits per heavy atom. The Bertz CT molecular complexity index is 1770. The first kappa shape index (κ1) is 24.5. The smallest absolute Gasteiger partial charge is 0.248 e. The van der Waals surface area contributed by atoms with E-state index in [-0.39, 0.29) is 24.1 Å². The zero-order valence-corrected chi connectivity index (χ0v) is 21.7. The maximum Gasteiger partial charge on any atom is 0.248 e. The van der Waals surface area contributed by atoms with Crippen LogP contribution in [-0.4, -0.2) is 49.8 Å². The molecule has 1 aliphatic heterocycles. The molecule has 2 aromatic heterocycles. The third kappa shape index (κ3) is 4.65. The van der Waals surface area contributed by atoms with Crippen LogP contribution in [0.25, 0.3) is 32.8 Å². The maximum atomic E-state index is 13.2. The van der Waals surface area contributed by atoms with E-state index in [9.17, 15) is 14.4 Å². The van der Waals surface area contributed by atoms with Crippen LogP contribution in [0, 0.1) is 6.92 Å². The van der Waals surface area contributed by atoms with Gasteiger partial charge >= 0.3 is 0 Å². The second-order valence-corrected chi connectivity index (χ2v) is 9.90. The SMILES string of the molecule is CC(=O)c1nn(CC(=O)N2CCC2C(=O)Nc2cccc(C)n2)c2ccc(-c3ccc4ccccc4c3)cc12. The molecule has 3 aromatic carbocycles. The Labute approximate surface area is 225 Å². The molecule has 8 heteroatoms. The summed E-state index contributed by atoms with van der Waals surface area (Å²) in [5.74, 6) is -0.196. The fourth-order valence-corrected chi connectivity index (χ4v) is 5.11. The summed E-state index contributed by atoms with van der Waals surface area (Å²) >= 11 is 0. The summed E-state index contributed by atoms with van der Waals surface area (Å²) in [6.07, 6.45) is 0.580. The van der Waals surface area contributed by atoms with Crippen molar-refractivity contribution in [2.75, 3.05) is 11.9 Å². The lowest BCUT2D eigenvalue weighted by Crippen LogP contribution is -2.57. The van der Waals surface area contributed by atoms with Crippen molar-refractivity contribution in [2.24, 2.45) is 0 Å². The topological polar surface area (TPSA) is 97.2 Å². The standard InChI is InChI=1S/C31H27N5O3/c1-19-6-5-9-28(32-19)33-31(39)27-14-15-35(27)29(38)18-36-26-13-12-24(17-25(26)30(34-36)20(2)37)23-11-10-21-7-3-4-8-22(21)16-23/h3-13,16-17,27H,14-15,18H2,1-2H3,(H,32,33,39). The molecule has 0 radical (unpaired) electrons. The zero-order valence-electron chi connectivity index (χ0n) is 21.7. The van der Waals surface area contributed by atoms with Gasteiger partial charge in [-0.2, -0.15) is 5.10 Å². The Balaban J connectivity index is 1.25. The summed E-state index contributed by atoms with van der Waals surface area (Å²) in [5, 5.41) is 10.3. The van der Waals surface area contributed by atoms with Crippen molar-refractivity contribution in [3.05, 3.63) is 90.3 Å². The number of nitrogens with one attached hydrogen (secondary N) is 1. The van der Waals surface area contributed by atoms with Crippen LogP contribution in [0.5, 0.6) is 0 Å². The first-order valence-electron chi connectivity index (χ1n) is 12.9. The van der Waals surface area contributed by atoms with Gasteiger partial charge in [0.25, 0.3) is 0 Å². The second kappa shape index (κ2) is 9.79. The monoisotopic (exact) mass is 517 g/mol. The number of hydrogen-bond donors (Lipinski definition) is 1. The van der Waals surface area contributed by atoms with Crippen LogP contribution >= 0.6 is 0 Å². The quantitative estimate of drug-likeness (QED) is 0.320. The largest absolute Gasteiger partial charge is 0.329 e. The Hall–Kier alpha value is -4.85. The Morgan fingerprint density at radius 2 is 1.69 bits per heavy atom. The lowest BCUT2D eigenvalue weighted by Gasteiger charge is -2.39. The number of aromatic nitrogens is 3. The number of benzene rings is 3. The van der Waals surface area contributed by atoms with E-state index in [0.29, 0.717) is 35.4 Å². The van der Waals surface area contributed by atoms with Crippen LogP contribution in [-0.2, 0) is 16.1 Å². The molecule has 2 amide bonds. The van der Waals surface area contributed by atoms with Gasteiger partial charge in [-0.3, -0.25) is 19.1 Å². The highest BCUT2D eigenvalue weighted by atomic mass is 16.2. The Kier molecular flexibility index (Phi) is 6.15. The number of hydrogen-bond acceptors (Lipinski definition) is 5. The first-order chi connectivity index (χ1) is 18.9. The number of rotatable bonds is 6. The Morgan fingerprint density at radius 1 is 0.923 bits per heavy atom. The number of Topliss-reactive ketones (excluding diaryl/α,β-unsaturated/α-hetero) is 1. The van der Waals surface area contributed by atoms with Gasteiger partial charge in [0, 0.05) is 24.5 Å². The van der Waals surface area contributed by atoms with Gasteiger partial charge < -0.3 is 10.2 Å². The molecule has 8 nitrogen and oxygen atoms in total. The van der Waals surface area contributed by atoms with Gasteiger partial charge in [-0.25, -0.2) is 4.98 Å². The molecule has 194 valence electrons. The van der Waals surface area contributed by atoms with Gasteiger partial charge in [0.05, 0.1) is 5.52 Å². The van der Waals surface area contributed by atoms with Crippen molar-refractivity contribution >= 4 is 45.1 Å². The summed E-state index contributed by atoms with van der Waals surface area (Å²) in [6, 6.07) is 25.1. The van der Waals surface area contributed by atoms with Crippen molar-refractivity contribution in [1.29, 1.82) is 0 Å². The van der Waals surface area contributed by atoms with Gasteiger partial charge in [-0.05, 0) is 65.6 Å². The number of aryl methyl sites for hydroxylation is 1. The highest BCUT2D eigenvalue weighted by Crippen LogP contribution is 2.30. The molecule has 1 fully saturated rings. The van der Waals surface area contributed by atoms with Crippen LogP contribution < -0.4 is 5.32 Å².